The van der Waals surface area contributed by atoms with E-state index in [-0.39, 0.29) is 25.0 Å². The molecule has 2 aromatic rings. The third-order valence-corrected chi connectivity index (χ3v) is 3.50. The van der Waals surface area contributed by atoms with E-state index in [4.69, 9.17) is 5.11 Å². The Morgan fingerprint density at radius 2 is 1.68 bits per heavy atom. The van der Waals surface area contributed by atoms with Gasteiger partial charge in [-0.2, -0.15) is 13.2 Å². The highest BCUT2D eigenvalue weighted by molar-refractivity contribution is 5.37. The van der Waals surface area contributed by atoms with Crippen molar-refractivity contribution in [2.75, 3.05) is 6.61 Å². The lowest BCUT2D eigenvalue weighted by atomic mass is 9.83. The first-order valence-corrected chi connectivity index (χ1v) is 6.79. The fraction of sp³-hybridized carbons (Fsp3) is 0.312. The van der Waals surface area contributed by atoms with Gasteiger partial charge in [-0.3, -0.25) is 4.98 Å². The number of pyridine rings is 1. The van der Waals surface area contributed by atoms with Gasteiger partial charge in [0.1, 0.15) is 5.60 Å². The molecule has 2 rings (SSSR count). The molecule has 1 aromatic carbocycles. The highest BCUT2D eigenvalue weighted by Crippen LogP contribution is 2.37. The molecule has 1 aromatic heterocycles. The van der Waals surface area contributed by atoms with Crippen LogP contribution in [0.15, 0.2) is 48.8 Å². The number of rotatable bonds is 5. The summed E-state index contributed by atoms with van der Waals surface area (Å²) in [5, 5.41) is 20.0. The normalized spacial score (nSPS) is 14.6. The minimum Gasteiger partial charge on any atom is -0.396 e. The fourth-order valence-corrected chi connectivity index (χ4v) is 2.35. The molecule has 2 N–H and O–H groups in total. The van der Waals surface area contributed by atoms with E-state index in [0.717, 1.165) is 12.1 Å². The van der Waals surface area contributed by atoms with Crippen LogP contribution in [0.4, 0.5) is 13.2 Å². The molecule has 0 aliphatic carbocycles. The first-order valence-electron chi connectivity index (χ1n) is 6.79. The van der Waals surface area contributed by atoms with E-state index in [2.05, 4.69) is 4.98 Å². The van der Waals surface area contributed by atoms with Crippen LogP contribution >= 0.6 is 0 Å². The van der Waals surface area contributed by atoms with Gasteiger partial charge in [0, 0.05) is 24.6 Å². The van der Waals surface area contributed by atoms with E-state index in [0.29, 0.717) is 5.56 Å². The van der Waals surface area contributed by atoms with Crippen LogP contribution in [-0.4, -0.2) is 21.8 Å². The molecule has 1 unspecified atom stereocenters. The van der Waals surface area contributed by atoms with Crippen LogP contribution in [0.25, 0.3) is 0 Å². The van der Waals surface area contributed by atoms with E-state index in [1.807, 2.05) is 0 Å². The van der Waals surface area contributed by atoms with Crippen LogP contribution in [0.2, 0.25) is 0 Å². The Morgan fingerprint density at radius 1 is 1.00 bits per heavy atom. The molecule has 0 saturated heterocycles. The van der Waals surface area contributed by atoms with Crippen LogP contribution in [0.3, 0.4) is 0 Å². The summed E-state index contributed by atoms with van der Waals surface area (Å²) in [6.07, 6.45) is -1.21. The second kappa shape index (κ2) is 6.46. The van der Waals surface area contributed by atoms with Crippen LogP contribution in [0.5, 0.6) is 0 Å². The molecule has 6 heteroatoms. The summed E-state index contributed by atoms with van der Waals surface area (Å²) in [6.45, 7) is -0.165. The second-order valence-corrected chi connectivity index (χ2v) is 5.01. The Morgan fingerprint density at radius 3 is 2.27 bits per heavy atom. The zero-order valence-electron chi connectivity index (χ0n) is 11.7. The Balaban J connectivity index is 2.50. The summed E-state index contributed by atoms with van der Waals surface area (Å²) in [5.41, 5.74) is -1.93. The Labute approximate surface area is 126 Å². The molecule has 0 bridgehead atoms. The molecule has 0 radical (unpaired) electrons. The number of hydrogen-bond acceptors (Lipinski definition) is 3. The molecule has 1 atom stereocenters. The van der Waals surface area contributed by atoms with Gasteiger partial charge in [0.25, 0.3) is 0 Å². The molecule has 0 aliphatic heterocycles. The van der Waals surface area contributed by atoms with Gasteiger partial charge in [-0.05, 0) is 36.6 Å². The number of halogens is 3. The maximum Gasteiger partial charge on any atom is 0.416 e. The molecule has 0 fully saturated rings. The number of aromatic nitrogens is 1. The Hall–Kier alpha value is -1.92. The van der Waals surface area contributed by atoms with Crippen molar-refractivity contribution < 1.29 is 23.4 Å². The summed E-state index contributed by atoms with van der Waals surface area (Å²) < 4.78 is 38.6. The maximum atomic E-state index is 12.9. The summed E-state index contributed by atoms with van der Waals surface area (Å²) in [6, 6.07) is 7.80. The SMILES string of the molecule is OCCCC(O)(c1cccnc1)c1cccc(C(F)(F)F)c1. The topological polar surface area (TPSA) is 53.4 Å². The van der Waals surface area contributed by atoms with Crippen molar-refractivity contribution in [3.8, 4) is 0 Å². The molecular weight excluding hydrogens is 295 g/mol. The highest BCUT2D eigenvalue weighted by atomic mass is 19.4. The minimum atomic E-state index is -4.48. The predicted molar refractivity (Wildman–Crippen MR) is 75.0 cm³/mol. The molecule has 22 heavy (non-hydrogen) atoms. The maximum absolute atomic E-state index is 12.9. The third-order valence-electron chi connectivity index (χ3n) is 3.50. The molecule has 0 amide bonds. The standard InChI is InChI=1S/C16H16F3NO2/c17-16(18,19)13-5-1-4-12(10-13)15(22,7-3-9-21)14-6-2-8-20-11-14/h1-2,4-6,8,10-11,21-22H,3,7,9H2. The summed E-state index contributed by atoms with van der Waals surface area (Å²) in [4.78, 5) is 3.91. The van der Waals surface area contributed by atoms with Gasteiger partial charge in [-0.1, -0.05) is 18.2 Å². The van der Waals surface area contributed by atoms with Crippen molar-refractivity contribution in [3.63, 3.8) is 0 Å². The van der Waals surface area contributed by atoms with E-state index in [1.54, 1.807) is 12.1 Å². The number of aliphatic hydroxyl groups excluding tert-OH is 1. The first-order chi connectivity index (χ1) is 10.4. The average Bonchev–Trinajstić information content (AvgIpc) is 2.53. The van der Waals surface area contributed by atoms with Crippen LogP contribution in [0, 0.1) is 0 Å². The first kappa shape index (κ1) is 16.5. The van der Waals surface area contributed by atoms with Crippen molar-refractivity contribution in [2.45, 2.75) is 24.6 Å². The molecule has 0 saturated carbocycles. The lowest BCUT2D eigenvalue weighted by molar-refractivity contribution is -0.137. The van der Waals surface area contributed by atoms with Gasteiger partial charge in [-0.15, -0.1) is 0 Å². The van der Waals surface area contributed by atoms with Gasteiger partial charge < -0.3 is 10.2 Å². The monoisotopic (exact) mass is 311 g/mol. The van der Waals surface area contributed by atoms with Crippen LogP contribution < -0.4 is 0 Å². The van der Waals surface area contributed by atoms with Crippen molar-refractivity contribution in [3.05, 3.63) is 65.5 Å². The van der Waals surface area contributed by atoms with E-state index < -0.39 is 17.3 Å². The molecule has 3 nitrogen and oxygen atoms in total. The zero-order valence-corrected chi connectivity index (χ0v) is 11.7. The number of alkyl halides is 3. The average molecular weight is 311 g/mol. The van der Waals surface area contributed by atoms with Crippen LogP contribution in [-0.2, 0) is 11.8 Å². The van der Waals surface area contributed by atoms with Crippen molar-refractivity contribution >= 4 is 0 Å². The largest absolute Gasteiger partial charge is 0.416 e. The number of aliphatic hydroxyl groups is 2. The van der Waals surface area contributed by atoms with E-state index in [1.165, 1.54) is 24.5 Å². The molecule has 0 aliphatic rings. The minimum absolute atomic E-state index is 0.0938. The van der Waals surface area contributed by atoms with Gasteiger partial charge in [0.2, 0.25) is 0 Å². The summed E-state index contributed by atoms with van der Waals surface area (Å²) in [5.74, 6) is 0. The summed E-state index contributed by atoms with van der Waals surface area (Å²) >= 11 is 0. The van der Waals surface area contributed by atoms with E-state index in [9.17, 15) is 18.3 Å². The van der Waals surface area contributed by atoms with Gasteiger partial charge in [-0.25, -0.2) is 0 Å². The molecule has 1 heterocycles. The lowest BCUT2D eigenvalue weighted by Gasteiger charge is -2.29. The van der Waals surface area contributed by atoms with Gasteiger partial charge in [0.15, 0.2) is 0 Å². The van der Waals surface area contributed by atoms with Gasteiger partial charge >= 0.3 is 6.18 Å². The predicted octanol–water partition coefficient (Wildman–Crippen LogP) is 3.11. The smallest absolute Gasteiger partial charge is 0.396 e. The summed E-state index contributed by atoms with van der Waals surface area (Å²) in [7, 11) is 0. The van der Waals surface area contributed by atoms with Crippen LogP contribution in [0.1, 0.15) is 29.5 Å². The zero-order chi connectivity index (χ0) is 16.2. The van der Waals surface area contributed by atoms with E-state index >= 15 is 0 Å². The van der Waals surface area contributed by atoms with Crippen molar-refractivity contribution in [1.29, 1.82) is 0 Å². The van der Waals surface area contributed by atoms with Gasteiger partial charge in [0.05, 0.1) is 5.56 Å². The fourth-order valence-electron chi connectivity index (χ4n) is 2.35. The third kappa shape index (κ3) is 3.45. The molecule has 0 spiro atoms. The molecular formula is C16H16F3NO2. The number of benzene rings is 1. The number of hydrogen-bond donors (Lipinski definition) is 2. The second-order valence-electron chi connectivity index (χ2n) is 5.01. The number of nitrogens with zero attached hydrogens (tertiary/aromatic N) is 1. The highest BCUT2D eigenvalue weighted by Gasteiger charge is 2.35. The Kier molecular flexibility index (Phi) is 4.83. The lowest BCUT2D eigenvalue weighted by Crippen LogP contribution is -2.28. The Bertz CT molecular complexity index is 616. The van der Waals surface area contributed by atoms with Crippen molar-refractivity contribution in [2.24, 2.45) is 0 Å². The van der Waals surface area contributed by atoms with Crippen molar-refractivity contribution in [1.82, 2.24) is 4.98 Å². The quantitative estimate of drug-likeness (QED) is 0.892. The molecule has 118 valence electrons.